The van der Waals surface area contributed by atoms with Gasteiger partial charge in [-0.25, -0.2) is 15.0 Å². The van der Waals surface area contributed by atoms with Gasteiger partial charge < -0.3 is 35.5 Å². The second-order valence-electron chi connectivity index (χ2n) is 8.13. The van der Waals surface area contributed by atoms with E-state index in [0.717, 1.165) is 16.4 Å². The molecule has 5 rings (SSSR count). The molecule has 0 spiro atoms. The number of aromatic hydroxyl groups is 1. The number of aliphatic hydroxyl groups is 3. The molecule has 0 bridgehead atoms. The minimum Gasteiger partial charge on any atom is -0.504 e. The molecule has 35 heavy (non-hydrogen) atoms. The number of aliphatic hydroxyl groups excluding tert-OH is 3. The van der Waals surface area contributed by atoms with Crippen LogP contribution in [0.25, 0.3) is 22.1 Å². The fraction of sp³-hybridized carbons (Fsp3) is 0.381. The summed E-state index contributed by atoms with van der Waals surface area (Å²) >= 11 is 3.42. The summed E-state index contributed by atoms with van der Waals surface area (Å²) < 4.78 is 9.66. The molecule has 1 aliphatic heterocycles. The highest BCUT2D eigenvalue weighted by Crippen LogP contribution is 2.41. The predicted molar refractivity (Wildman–Crippen MR) is 129 cm³/mol. The molecule has 0 saturated carbocycles. The van der Waals surface area contributed by atoms with Gasteiger partial charge in [-0.05, 0) is 24.6 Å². The van der Waals surface area contributed by atoms with Crippen LogP contribution in [0.2, 0.25) is 0 Å². The van der Waals surface area contributed by atoms with Crippen molar-refractivity contribution in [1.29, 1.82) is 0 Å². The first-order valence-electron chi connectivity index (χ1n) is 10.9. The van der Waals surface area contributed by atoms with Gasteiger partial charge in [0.2, 0.25) is 0 Å². The molecule has 4 heterocycles. The van der Waals surface area contributed by atoms with E-state index in [1.165, 1.54) is 10.9 Å². The molecular weight excluding hydrogens is 524 g/mol. The molecule has 1 fully saturated rings. The summed E-state index contributed by atoms with van der Waals surface area (Å²) in [5.41, 5.74) is 7.15. The van der Waals surface area contributed by atoms with Crippen LogP contribution in [0, 0.1) is 0 Å². The molecule has 3 aromatic heterocycles. The van der Waals surface area contributed by atoms with Crippen molar-refractivity contribution in [3.8, 4) is 5.75 Å². The van der Waals surface area contributed by atoms with Crippen LogP contribution >= 0.6 is 15.9 Å². The largest absolute Gasteiger partial charge is 0.504 e. The second-order valence-corrected chi connectivity index (χ2v) is 9.04. The van der Waals surface area contributed by atoms with Crippen LogP contribution in [0.4, 0.5) is 17.6 Å². The Hall–Kier alpha value is -3.17. The summed E-state index contributed by atoms with van der Waals surface area (Å²) in [5.74, 6) is 0.202. The molecule has 0 unspecified atom stereocenters. The average Bonchev–Trinajstić information content (AvgIpc) is 3.44. The summed E-state index contributed by atoms with van der Waals surface area (Å²) in [4.78, 5) is 12.5. The van der Waals surface area contributed by atoms with Gasteiger partial charge in [-0.2, -0.15) is 0 Å². The molecule has 1 aromatic carbocycles. The molecule has 6 N–H and O–H groups in total. The number of aromatic nitrogens is 5. The second kappa shape index (κ2) is 9.13. The Bertz CT molecular complexity index is 1440. The first-order valence-corrected chi connectivity index (χ1v) is 11.7. The van der Waals surface area contributed by atoms with E-state index in [-0.39, 0.29) is 34.5 Å². The van der Waals surface area contributed by atoms with Gasteiger partial charge in [0.1, 0.15) is 24.6 Å². The van der Waals surface area contributed by atoms with E-state index >= 15 is 0 Å². The number of nitrogens with zero attached hydrogens (tertiary/aromatic N) is 7. The predicted octanol–water partition coefficient (Wildman–Crippen LogP) is 2.27. The minimum atomic E-state index is -1.41. The van der Waals surface area contributed by atoms with E-state index in [1.807, 2.05) is 23.6 Å². The van der Waals surface area contributed by atoms with Gasteiger partial charge in [0.05, 0.1) is 12.1 Å². The van der Waals surface area contributed by atoms with Crippen LogP contribution in [-0.4, -0.2) is 69.4 Å². The van der Waals surface area contributed by atoms with Crippen molar-refractivity contribution >= 4 is 55.6 Å². The van der Waals surface area contributed by atoms with Crippen LogP contribution < -0.4 is 5.73 Å². The lowest BCUT2D eigenvalue weighted by Crippen LogP contribution is -2.33. The Balaban J connectivity index is 1.67. The normalized spacial score (nSPS) is 22.8. The van der Waals surface area contributed by atoms with Gasteiger partial charge in [-0.1, -0.05) is 22.9 Å². The SMILES string of the molecule is CCCn1c(/N=N/c2nc3c(N)ncnc3n2[C@@H]2O[C@H](CO)[C@@H](O)[C@H]2O)c(O)c2cc(Br)ccc21. The standard InChI is InChI=1S/C21H23BrN8O5/c1-2-5-29-11-4-3-9(22)6-10(11)14(32)19(29)27-28-21-26-13-17(23)24-8-25-18(13)30(21)20-16(34)15(33)12(7-31)35-20/h3-4,6,8,12,15-16,20,31-34H,2,5,7H2,1H3,(H2,23,24,25)/b28-27+/t12-,15-,16-,20-/m1/s1. The molecule has 1 saturated heterocycles. The van der Waals surface area contributed by atoms with Crippen molar-refractivity contribution in [2.45, 2.75) is 44.4 Å². The highest BCUT2D eigenvalue weighted by Gasteiger charge is 2.45. The molecular formula is C21H23BrN8O5. The number of anilines is 1. The number of azo groups is 1. The Morgan fingerprint density at radius 2 is 2.00 bits per heavy atom. The maximum absolute atomic E-state index is 10.9. The smallest absolute Gasteiger partial charge is 0.254 e. The Morgan fingerprint density at radius 1 is 1.20 bits per heavy atom. The van der Waals surface area contributed by atoms with Crippen molar-refractivity contribution < 1.29 is 25.2 Å². The van der Waals surface area contributed by atoms with Crippen LogP contribution in [0.3, 0.4) is 0 Å². The number of nitrogen functional groups attached to an aromatic ring is 1. The molecule has 4 atom stereocenters. The van der Waals surface area contributed by atoms with E-state index in [0.29, 0.717) is 11.9 Å². The number of hydrogen-bond acceptors (Lipinski definition) is 11. The van der Waals surface area contributed by atoms with Gasteiger partial charge in [-0.15, -0.1) is 10.2 Å². The van der Waals surface area contributed by atoms with Crippen LogP contribution in [-0.2, 0) is 11.3 Å². The van der Waals surface area contributed by atoms with Crippen molar-refractivity contribution in [1.82, 2.24) is 24.1 Å². The number of nitrogens with two attached hydrogens (primary N) is 1. The van der Waals surface area contributed by atoms with Gasteiger partial charge >= 0.3 is 0 Å². The van der Waals surface area contributed by atoms with E-state index in [9.17, 15) is 20.4 Å². The molecule has 184 valence electrons. The number of halogens is 1. The summed E-state index contributed by atoms with van der Waals surface area (Å²) in [6.07, 6.45) is -2.95. The summed E-state index contributed by atoms with van der Waals surface area (Å²) in [6, 6.07) is 5.54. The summed E-state index contributed by atoms with van der Waals surface area (Å²) in [7, 11) is 0. The first-order chi connectivity index (χ1) is 16.8. The lowest BCUT2D eigenvalue weighted by molar-refractivity contribution is -0.0503. The van der Waals surface area contributed by atoms with Crippen molar-refractivity contribution in [2.24, 2.45) is 10.2 Å². The quantitative estimate of drug-likeness (QED) is 0.226. The molecule has 0 amide bonds. The van der Waals surface area contributed by atoms with E-state index in [1.54, 1.807) is 6.07 Å². The molecule has 1 aliphatic rings. The van der Waals surface area contributed by atoms with E-state index < -0.39 is 31.1 Å². The third-order valence-electron chi connectivity index (χ3n) is 5.91. The number of fused-ring (bicyclic) bond motifs is 2. The third kappa shape index (κ3) is 3.83. The number of imidazole rings is 1. The van der Waals surface area contributed by atoms with Gasteiger partial charge in [0, 0.05) is 16.4 Å². The van der Waals surface area contributed by atoms with Gasteiger partial charge in [-0.3, -0.25) is 4.57 Å². The fourth-order valence-electron chi connectivity index (χ4n) is 4.25. The maximum atomic E-state index is 10.9. The molecule has 14 heteroatoms. The lowest BCUT2D eigenvalue weighted by Gasteiger charge is -2.17. The number of benzene rings is 1. The molecule has 0 aliphatic carbocycles. The zero-order chi connectivity index (χ0) is 24.9. The van der Waals surface area contributed by atoms with Gasteiger partial charge in [0.15, 0.2) is 34.8 Å². The highest BCUT2D eigenvalue weighted by atomic mass is 79.9. The lowest BCUT2D eigenvalue weighted by atomic mass is 10.1. The number of hydrogen-bond donors (Lipinski definition) is 5. The highest BCUT2D eigenvalue weighted by molar-refractivity contribution is 9.10. The van der Waals surface area contributed by atoms with Crippen molar-refractivity contribution in [3.05, 3.63) is 29.0 Å². The van der Waals surface area contributed by atoms with E-state index in [2.05, 4.69) is 41.1 Å². The Kier molecular flexibility index (Phi) is 6.14. The van der Waals surface area contributed by atoms with Crippen LogP contribution in [0.15, 0.2) is 39.2 Å². The van der Waals surface area contributed by atoms with Crippen LogP contribution in [0.1, 0.15) is 19.6 Å². The monoisotopic (exact) mass is 546 g/mol. The Morgan fingerprint density at radius 3 is 2.71 bits per heavy atom. The van der Waals surface area contributed by atoms with Crippen molar-refractivity contribution in [3.63, 3.8) is 0 Å². The molecule has 13 nitrogen and oxygen atoms in total. The molecule has 0 radical (unpaired) electrons. The summed E-state index contributed by atoms with van der Waals surface area (Å²) in [6.45, 7) is 2.08. The Labute approximate surface area is 206 Å². The number of aryl methyl sites for hydroxylation is 1. The zero-order valence-corrected chi connectivity index (χ0v) is 20.1. The third-order valence-corrected chi connectivity index (χ3v) is 6.40. The van der Waals surface area contributed by atoms with E-state index in [4.69, 9.17) is 10.5 Å². The first kappa shape index (κ1) is 23.6. The maximum Gasteiger partial charge on any atom is 0.254 e. The minimum absolute atomic E-state index is 0.0454. The number of rotatable bonds is 6. The summed E-state index contributed by atoms with van der Waals surface area (Å²) in [5, 5.41) is 50.5. The average molecular weight is 547 g/mol. The van der Waals surface area contributed by atoms with Crippen molar-refractivity contribution in [2.75, 3.05) is 12.3 Å². The number of ether oxygens (including phenoxy) is 1. The molecule has 4 aromatic rings. The van der Waals surface area contributed by atoms with Gasteiger partial charge in [0.25, 0.3) is 5.95 Å². The topological polar surface area (TPSA) is 189 Å². The zero-order valence-electron chi connectivity index (χ0n) is 18.5. The van der Waals surface area contributed by atoms with Crippen LogP contribution in [0.5, 0.6) is 5.75 Å². The fourth-order valence-corrected chi connectivity index (χ4v) is 4.61.